The summed E-state index contributed by atoms with van der Waals surface area (Å²) < 4.78 is 40.3. The zero-order chi connectivity index (χ0) is 21.7. The Balaban J connectivity index is 1.66. The monoisotopic (exact) mass is 420 g/mol. The highest BCUT2D eigenvalue weighted by molar-refractivity contribution is 6.39. The van der Waals surface area contributed by atoms with E-state index in [0.29, 0.717) is 0 Å². The van der Waals surface area contributed by atoms with Crippen LogP contribution in [0, 0.1) is 17.5 Å². The van der Waals surface area contributed by atoms with Crippen molar-refractivity contribution in [3.63, 3.8) is 0 Å². The fourth-order valence-corrected chi connectivity index (χ4v) is 3.32. The fraction of sp³-hybridized carbons (Fsp3) is 0.333. The van der Waals surface area contributed by atoms with E-state index < -0.39 is 29.1 Å². The second-order valence-electron chi connectivity index (χ2n) is 7.19. The van der Waals surface area contributed by atoms with Gasteiger partial charge in [0.25, 0.3) is 0 Å². The smallest absolute Gasteiger partial charge is 0.313 e. The number of halogens is 3. The normalized spacial score (nSPS) is 16.1. The van der Waals surface area contributed by atoms with Crippen molar-refractivity contribution in [2.45, 2.75) is 6.04 Å². The molecule has 0 spiro atoms. The third-order valence-electron chi connectivity index (χ3n) is 5.07. The highest BCUT2D eigenvalue weighted by Crippen LogP contribution is 2.22. The summed E-state index contributed by atoms with van der Waals surface area (Å²) in [6, 6.07) is 8.29. The predicted octanol–water partition coefficient (Wildman–Crippen LogP) is 2.15. The molecule has 0 bridgehead atoms. The Morgan fingerprint density at radius 1 is 0.933 bits per heavy atom. The van der Waals surface area contributed by atoms with E-state index in [0.717, 1.165) is 49.9 Å². The van der Waals surface area contributed by atoms with Crippen molar-refractivity contribution >= 4 is 17.5 Å². The van der Waals surface area contributed by atoms with E-state index in [2.05, 4.69) is 20.4 Å². The molecule has 0 unspecified atom stereocenters. The topological polar surface area (TPSA) is 64.7 Å². The number of nitrogens with one attached hydrogen (secondary N) is 2. The lowest BCUT2D eigenvalue weighted by Crippen LogP contribution is -2.49. The molecule has 0 aliphatic carbocycles. The number of rotatable bonds is 5. The Bertz CT molecular complexity index is 900. The van der Waals surface area contributed by atoms with Crippen LogP contribution in [0.15, 0.2) is 42.5 Å². The minimum Gasteiger partial charge on any atom is -0.346 e. The Morgan fingerprint density at radius 2 is 1.57 bits per heavy atom. The number of benzene rings is 2. The Kier molecular flexibility index (Phi) is 7.07. The van der Waals surface area contributed by atoms with Gasteiger partial charge in [-0.1, -0.05) is 12.1 Å². The van der Waals surface area contributed by atoms with Crippen LogP contribution in [0.2, 0.25) is 0 Å². The van der Waals surface area contributed by atoms with Crippen LogP contribution in [0.25, 0.3) is 0 Å². The van der Waals surface area contributed by atoms with Crippen molar-refractivity contribution in [1.29, 1.82) is 0 Å². The lowest BCUT2D eigenvalue weighted by Gasteiger charge is -2.38. The maximum Gasteiger partial charge on any atom is 0.313 e. The van der Waals surface area contributed by atoms with E-state index in [1.54, 1.807) is 12.1 Å². The van der Waals surface area contributed by atoms with Crippen molar-refractivity contribution in [3.05, 3.63) is 65.5 Å². The molecule has 0 aromatic heterocycles. The van der Waals surface area contributed by atoms with Gasteiger partial charge in [0.05, 0.1) is 11.7 Å². The van der Waals surface area contributed by atoms with Crippen LogP contribution in [0.1, 0.15) is 11.6 Å². The fourth-order valence-electron chi connectivity index (χ4n) is 3.32. The molecule has 1 aliphatic heterocycles. The minimum atomic E-state index is -1.10. The first-order valence-corrected chi connectivity index (χ1v) is 9.56. The van der Waals surface area contributed by atoms with Gasteiger partial charge < -0.3 is 15.5 Å². The molecule has 2 N–H and O–H groups in total. The zero-order valence-corrected chi connectivity index (χ0v) is 16.5. The number of piperazine rings is 1. The lowest BCUT2D eigenvalue weighted by molar-refractivity contribution is -0.136. The zero-order valence-electron chi connectivity index (χ0n) is 16.5. The third-order valence-corrected chi connectivity index (χ3v) is 5.07. The van der Waals surface area contributed by atoms with Crippen molar-refractivity contribution in [3.8, 4) is 0 Å². The summed E-state index contributed by atoms with van der Waals surface area (Å²) in [6.45, 7) is 3.27. The summed E-state index contributed by atoms with van der Waals surface area (Å²) in [6.07, 6.45) is 0. The van der Waals surface area contributed by atoms with E-state index in [1.807, 2.05) is 7.05 Å². The van der Waals surface area contributed by atoms with Crippen LogP contribution in [0.5, 0.6) is 0 Å². The van der Waals surface area contributed by atoms with E-state index in [-0.39, 0.29) is 18.4 Å². The second-order valence-corrected chi connectivity index (χ2v) is 7.19. The van der Waals surface area contributed by atoms with E-state index in [4.69, 9.17) is 0 Å². The first-order valence-electron chi connectivity index (χ1n) is 9.56. The van der Waals surface area contributed by atoms with Crippen molar-refractivity contribution in [2.75, 3.05) is 45.1 Å². The Morgan fingerprint density at radius 3 is 2.23 bits per heavy atom. The van der Waals surface area contributed by atoms with Crippen LogP contribution in [-0.2, 0) is 9.59 Å². The number of nitrogens with zero attached hydrogens (tertiary/aromatic N) is 2. The van der Waals surface area contributed by atoms with Gasteiger partial charge >= 0.3 is 11.8 Å². The van der Waals surface area contributed by atoms with Gasteiger partial charge in [0.15, 0.2) is 0 Å². The van der Waals surface area contributed by atoms with E-state index in [9.17, 15) is 22.8 Å². The van der Waals surface area contributed by atoms with Crippen molar-refractivity contribution < 1.29 is 22.8 Å². The standard InChI is InChI=1S/C21H23F3N4O2/c1-27-8-10-28(11-9-27)19(14-2-4-15(22)5-3-14)13-25-20(29)21(30)26-18-12-16(23)6-7-17(18)24/h2-7,12,19H,8-11,13H2,1H3,(H,25,29)(H,26,30)/t19-/m1/s1. The molecule has 2 aromatic carbocycles. The first-order chi connectivity index (χ1) is 14.3. The average Bonchev–Trinajstić information content (AvgIpc) is 2.73. The van der Waals surface area contributed by atoms with Gasteiger partial charge in [-0.2, -0.15) is 0 Å². The molecule has 1 heterocycles. The van der Waals surface area contributed by atoms with Crippen molar-refractivity contribution in [2.24, 2.45) is 0 Å². The van der Waals surface area contributed by atoms with Gasteiger partial charge in [-0.3, -0.25) is 14.5 Å². The molecule has 30 heavy (non-hydrogen) atoms. The van der Waals surface area contributed by atoms with Gasteiger partial charge in [0.2, 0.25) is 0 Å². The van der Waals surface area contributed by atoms with Gasteiger partial charge in [-0.15, -0.1) is 0 Å². The van der Waals surface area contributed by atoms with E-state index >= 15 is 0 Å². The van der Waals surface area contributed by atoms with Gasteiger partial charge in [-0.05, 0) is 36.9 Å². The highest BCUT2D eigenvalue weighted by Gasteiger charge is 2.26. The molecule has 0 saturated carbocycles. The highest BCUT2D eigenvalue weighted by atomic mass is 19.1. The summed E-state index contributed by atoms with van der Waals surface area (Å²) in [5, 5.41) is 4.61. The molecule has 1 saturated heterocycles. The summed E-state index contributed by atoms with van der Waals surface area (Å²) >= 11 is 0. The van der Waals surface area contributed by atoms with Gasteiger partial charge in [0.1, 0.15) is 17.5 Å². The molecule has 1 fully saturated rings. The maximum atomic E-state index is 13.7. The molecular weight excluding hydrogens is 397 g/mol. The van der Waals surface area contributed by atoms with Crippen LogP contribution >= 0.6 is 0 Å². The molecule has 6 nitrogen and oxygen atoms in total. The second kappa shape index (κ2) is 9.73. The number of hydrogen-bond acceptors (Lipinski definition) is 4. The molecule has 1 aliphatic rings. The summed E-state index contributed by atoms with van der Waals surface area (Å²) in [5.74, 6) is -4.02. The number of amides is 2. The molecule has 9 heteroatoms. The predicted molar refractivity (Wildman–Crippen MR) is 106 cm³/mol. The quantitative estimate of drug-likeness (QED) is 0.728. The Labute approximate surface area is 172 Å². The number of anilines is 1. The number of carbonyl (C=O) groups is 2. The van der Waals surface area contributed by atoms with Gasteiger partial charge in [0, 0.05) is 38.8 Å². The lowest BCUT2D eigenvalue weighted by atomic mass is 10.0. The maximum absolute atomic E-state index is 13.7. The van der Waals surface area contributed by atoms with E-state index in [1.165, 1.54) is 12.1 Å². The van der Waals surface area contributed by atoms with Crippen LogP contribution in [0.4, 0.5) is 18.9 Å². The summed E-state index contributed by atoms with van der Waals surface area (Å²) in [5.41, 5.74) is 0.391. The molecule has 1 atom stereocenters. The van der Waals surface area contributed by atoms with Crippen molar-refractivity contribution in [1.82, 2.24) is 15.1 Å². The number of carbonyl (C=O) groups excluding carboxylic acids is 2. The SMILES string of the molecule is CN1CCN([C@H](CNC(=O)C(=O)Nc2cc(F)ccc2F)c2ccc(F)cc2)CC1. The number of hydrogen-bond donors (Lipinski definition) is 2. The van der Waals surface area contributed by atoms with Crippen LogP contribution in [0.3, 0.4) is 0 Å². The summed E-state index contributed by atoms with van der Waals surface area (Å²) in [7, 11) is 2.02. The molecule has 3 rings (SSSR count). The third kappa shape index (κ3) is 5.58. The van der Waals surface area contributed by atoms with Crippen LogP contribution < -0.4 is 10.6 Å². The molecule has 2 aromatic rings. The number of likely N-dealkylation sites (N-methyl/N-ethyl adjacent to an activating group) is 1. The molecular formula is C21H23F3N4O2. The molecule has 2 amide bonds. The largest absolute Gasteiger partial charge is 0.346 e. The first kappa shape index (κ1) is 21.8. The molecule has 160 valence electrons. The Hall–Kier alpha value is -2.91. The van der Waals surface area contributed by atoms with Gasteiger partial charge in [-0.25, -0.2) is 13.2 Å². The average molecular weight is 420 g/mol. The van der Waals surface area contributed by atoms with Crippen LogP contribution in [-0.4, -0.2) is 61.4 Å². The minimum absolute atomic E-state index is 0.104. The molecule has 0 radical (unpaired) electrons. The summed E-state index contributed by atoms with van der Waals surface area (Å²) in [4.78, 5) is 28.7.